The second-order valence-electron chi connectivity index (χ2n) is 0.857. The summed E-state index contributed by atoms with van der Waals surface area (Å²) in [7, 11) is -17.5. The van der Waals surface area contributed by atoms with Crippen LogP contribution in [0.15, 0.2) is 0 Å². The van der Waals surface area contributed by atoms with Gasteiger partial charge >= 0.3 is 52.5 Å². The van der Waals surface area contributed by atoms with Gasteiger partial charge in [0, 0.05) is 50.4 Å². The molecule has 0 aliphatic carbocycles. The summed E-state index contributed by atoms with van der Waals surface area (Å²) in [5.74, 6) is 0. The van der Waals surface area contributed by atoms with E-state index in [1.165, 1.54) is 0 Å². The van der Waals surface area contributed by atoms with Crippen LogP contribution in [0, 0.1) is 0 Å². The molecule has 114 valence electrons. The first kappa shape index (κ1) is 31.0. The fourth-order valence-corrected chi connectivity index (χ4v) is 0. The van der Waals surface area contributed by atoms with Crippen LogP contribution >= 0.6 is 35.4 Å². The number of hydrogen-bond donors (Lipinski definition) is 0. The molecule has 0 atom stereocenters. The molecule has 0 aliphatic rings. The Hall–Kier alpha value is 1.40. The van der Waals surface area contributed by atoms with Gasteiger partial charge in [-0.05, 0) is 0 Å². The quantitative estimate of drug-likeness (QED) is 0.231. The van der Waals surface area contributed by atoms with E-state index in [0.29, 0.717) is 0 Å². The normalized spacial score (nSPS) is 8.47. The van der Waals surface area contributed by atoms with E-state index in [2.05, 4.69) is 0 Å². The van der Waals surface area contributed by atoms with E-state index >= 15 is 0 Å². The van der Waals surface area contributed by atoms with E-state index in [-0.39, 0.29) is 17.1 Å². The molecule has 0 fully saturated rings. The van der Waals surface area contributed by atoms with E-state index in [0.717, 1.165) is 0 Å². The van der Waals surface area contributed by atoms with Gasteiger partial charge in [-0.2, -0.15) is 0 Å². The van der Waals surface area contributed by atoms with Crippen LogP contribution in [-0.4, -0.2) is 0 Å². The van der Waals surface area contributed by atoms with Crippen molar-refractivity contribution in [2.24, 2.45) is 0 Å². The molecule has 0 bridgehead atoms. The zero-order chi connectivity index (χ0) is 14.3. The SMILES string of the molecule is F[PH+](F)F.F[PH+](F)F.F[PH+](F)F.F[PH+](F)F.[FeH2]. The zero-order valence-electron chi connectivity index (χ0n) is 6.94. The topological polar surface area (TPSA) is 0 Å². The van der Waals surface area contributed by atoms with Gasteiger partial charge in [-0.3, -0.25) is 0 Å². The van der Waals surface area contributed by atoms with Crippen LogP contribution in [0.2, 0.25) is 0 Å². The Labute approximate surface area is 103 Å². The van der Waals surface area contributed by atoms with Gasteiger partial charge in [0.15, 0.2) is 0 Å². The summed E-state index contributed by atoms with van der Waals surface area (Å²) in [5.41, 5.74) is 0. The molecule has 0 heterocycles. The molecule has 0 amide bonds. The maximum absolute atomic E-state index is 9.77. The first-order valence-electron chi connectivity index (χ1n) is 2.27. The zero-order valence-corrected chi connectivity index (χ0v) is 12.2. The summed E-state index contributed by atoms with van der Waals surface area (Å²) in [6, 6.07) is 0. The summed E-state index contributed by atoms with van der Waals surface area (Å²) in [4.78, 5) is 0. The van der Waals surface area contributed by atoms with Crippen LogP contribution in [0.5, 0.6) is 0 Å². The van der Waals surface area contributed by atoms with Crippen molar-refractivity contribution in [2.45, 2.75) is 0 Å². The molecule has 0 aromatic rings. The predicted molar refractivity (Wildman–Crippen MR) is 49.3 cm³/mol. The third-order valence-electron chi connectivity index (χ3n) is 0. The third kappa shape index (κ3) is 2110. The van der Waals surface area contributed by atoms with Gasteiger partial charge in [0.25, 0.3) is 0 Å². The van der Waals surface area contributed by atoms with Gasteiger partial charge in [0.05, 0.1) is 0 Å². The van der Waals surface area contributed by atoms with Crippen LogP contribution in [0.3, 0.4) is 0 Å². The Bertz CT molecular complexity index is 61.5. The fraction of sp³-hybridized carbons (Fsp3) is 0. The molecule has 0 N–H and O–H groups in total. The Morgan fingerprint density at radius 3 is 0.294 bits per heavy atom. The van der Waals surface area contributed by atoms with Crippen LogP contribution < -0.4 is 0 Å². The van der Waals surface area contributed by atoms with Gasteiger partial charge < -0.3 is 0 Å². The number of halogens is 12. The summed E-state index contributed by atoms with van der Waals surface area (Å²) in [6.45, 7) is 0. The van der Waals surface area contributed by atoms with Gasteiger partial charge in [-0.1, -0.05) is 0 Å². The Kier molecular flexibility index (Phi) is 47.6. The molecule has 0 rings (SSSR count). The molecule has 0 aliphatic heterocycles. The second kappa shape index (κ2) is 26.1. The fourth-order valence-electron chi connectivity index (χ4n) is 0. The van der Waals surface area contributed by atoms with Crippen LogP contribution in [0.1, 0.15) is 0 Å². The molecule has 0 spiro atoms. The monoisotopic (exact) mass is 414 g/mol. The number of hydrogen-bond acceptors (Lipinski definition) is 0. The summed E-state index contributed by atoms with van der Waals surface area (Å²) >= 11 is 0. The molecule has 0 unspecified atom stereocenters. The van der Waals surface area contributed by atoms with Crippen molar-refractivity contribution in [3.8, 4) is 0 Å². The minimum atomic E-state index is -4.38. The Balaban J connectivity index is -0.0000000369. The second-order valence-corrected chi connectivity index (χ2v) is 2.57. The molecule has 0 aromatic carbocycles. The summed E-state index contributed by atoms with van der Waals surface area (Å²) in [5, 5.41) is 0. The predicted octanol–water partition coefficient (Wildman–Crippen LogP) is 6.88. The average molecular weight is 414 g/mol. The summed E-state index contributed by atoms with van der Waals surface area (Å²) < 4.78 is 117. The van der Waals surface area contributed by atoms with E-state index in [1.54, 1.807) is 0 Å². The summed E-state index contributed by atoms with van der Waals surface area (Å²) in [6.07, 6.45) is 0. The number of rotatable bonds is 0. The van der Waals surface area contributed by atoms with Crippen LogP contribution in [0.4, 0.5) is 50.4 Å². The van der Waals surface area contributed by atoms with Crippen molar-refractivity contribution in [3.63, 3.8) is 0 Å². The first-order valence-corrected chi connectivity index (χ1v) is 6.80. The first-order chi connectivity index (χ1) is 6.93. The molecule has 0 nitrogen and oxygen atoms in total. The van der Waals surface area contributed by atoms with E-state index < -0.39 is 35.4 Å². The molecule has 0 radical (unpaired) electrons. The standard InChI is InChI=1S/4F3HP.Fe.2H/c4*1-4(2)3;;;/h4*4H;;;/q4*+1;;;. The third-order valence-corrected chi connectivity index (χ3v) is 0. The average Bonchev–Trinajstić information content (AvgIpc) is 1.76. The van der Waals surface area contributed by atoms with Gasteiger partial charge in [0.2, 0.25) is 0 Å². The molecule has 17 heteroatoms. The minimum absolute atomic E-state index is 0. The molecular formula is H6F12FeP4+4. The van der Waals surface area contributed by atoms with Crippen molar-refractivity contribution in [3.05, 3.63) is 0 Å². The van der Waals surface area contributed by atoms with Crippen LogP contribution in [-0.2, 0) is 17.1 Å². The van der Waals surface area contributed by atoms with E-state index in [4.69, 9.17) is 0 Å². The molecule has 0 saturated carbocycles. The van der Waals surface area contributed by atoms with E-state index in [1.807, 2.05) is 0 Å². The van der Waals surface area contributed by atoms with Crippen LogP contribution in [0.25, 0.3) is 0 Å². The maximum atomic E-state index is 9.77. The van der Waals surface area contributed by atoms with Gasteiger partial charge in [0.1, 0.15) is 0 Å². The Morgan fingerprint density at radius 1 is 0.294 bits per heavy atom. The van der Waals surface area contributed by atoms with Crippen molar-refractivity contribution < 1.29 is 67.4 Å². The van der Waals surface area contributed by atoms with Gasteiger partial charge in [-0.25, -0.2) is 0 Å². The Morgan fingerprint density at radius 2 is 0.294 bits per heavy atom. The van der Waals surface area contributed by atoms with Crippen molar-refractivity contribution in [2.75, 3.05) is 0 Å². The van der Waals surface area contributed by atoms with Crippen molar-refractivity contribution in [1.82, 2.24) is 0 Å². The molecule has 0 saturated heterocycles. The van der Waals surface area contributed by atoms with Crippen molar-refractivity contribution in [1.29, 1.82) is 0 Å². The van der Waals surface area contributed by atoms with E-state index in [9.17, 15) is 50.4 Å². The van der Waals surface area contributed by atoms with Crippen molar-refractivity contribution >= 4 is 35.4 Å². The molecule has 17 heavy (non-hydrogen) atoms. The van der Waals surface area contributed by atoms with Gasteiger partial charge in [-0.15, -0.1) is 0 Å². The molecule has 0 aromatic heterocycles. The molecular weight excluding hydrogens is 408 g/mol.